The smallest absolute Gasteiger partial charge is 0.293 e. The molecule has 1 aliphatic heterocycles. The Morgan fingerprint density at radius 1 is 1.60 bits per heavy atom. The van der Waals surface area contributed by atoms with Gasteiger partial charge in [-0.2, -0.15) is 5.10 Å². The van der Waals surface area contributed by atoms with Gasteiger partial charge in [0.15, 0.2) is 5.82 Å². The van der Waals surface area contributed by atoms with E-state index in [2.05, 4.69) is 37.7 Å². The molecule has 0 spiro atoms. The average Bonchev–Trinajstić information content (AvgIpc) is 2.70. The molecule has 1 aromatic heterocycles. The summed E-state index contributed by atoms with van der Waals surface area (Å²) >= 11 is 15.2. The van der Waals surface area contributed by atoms with Crippen molar-refractivity contribution in [2.24, 2.45) is 5.10 Å². The summed E-state index contributed by atoms with van der Waals surface area (Å²) in [5.74, 6) is 0.642. The molecule has 2 rings (SSSR count). The number of nitrogens with zero attached hydrogens (tertiary/aromatic N) is 3. The minimum atomic E-state index is 0.255. The van der Waals surface area contributed by atoms with Crippen LogP contribution in [0, 0.1) is 0 Å². The molecule has 1 unspecified atom stereocenters. The Balaban J connectivity index is 0.000000347. The molecule has 1 aliphatic rings. The summed E-state index contributed by atoms with van der Waals surface area (Å²) in [7, 11) is 0. The second-order valence-corrected chi connectivity index (χ2v) is 5.64. The number of ether oxygens (including phenoxy) is 1. The van der Waals surface area contributed by atoms with Crippen molar-refractivity contribution >= 4 is 56.0 Å². The summed E-state index contributed by atoms with van der Waals surface area (Å²) in [4.78, 5) is 13.4. The van der Waals surface area contributed by atoms with E-state index in [1.165, 1.54) is 0 Å². The lowest BCUT2D eigenvalue weighted by atomic mass is 10.2. The molecule has 0 radical (unpaired) electrons. The van der Waals surface area contributed by atoms with Gasteiger partial charge in [0.25, 0.3) is 6.47 Å². The quantitative estimate of drug-likeness (QED) is 0.744. The van der Waals surface area contributed by atoms with Gasteiger partial charge in [-0.1, -0.05) is 23.2 Å². The highest BCUT2D eigenvalue weighted by atomic mass is 79.9. The Labute approximate surface area is 136 Å². The number of hydrazone groups is 1. The fourth-order valence-electron chi connectivity index (χ4n) is 1.49. The van der Waals surface area contributed by atoms with Gasteiger partial charge in [0, 0.05) is 12.6 Å². The fraction of sp³-hybridized carbons (Fsp3) is 0.417. The van der Waals surface area contributed by atoms with E-state index in [1.807, 2.05) is 0 Å². The van der Waals surface area contributed by atoms with Crippen molar-refractivity contribution in [3.63, 3.8) is 0 Å². The van der Waals surface area contributed by atoms with E-state index >= 15 is 0 Å². The highest BCUT2D eigenvalue weighted by Crippen LogP contribution is 2.31. The summed E-state index contributed by atoms with van der Waals surface area (Å²) in [5.41, 5.74) is 0. The molecule has 1 aromatic rings. The Bertz CT molecular complexity index is 500. The predicted octanol–water partition coefficient (Wildman–Crippen LogP) is 3.87. The summed E-state index contributed by atoms with van der Waals surface area (Å²) in [5, 5.41) is 7.14. The third kappa shape index (κ3) is 4.92. The maximum atomic E-state index is 9.18. The zero-order valence-electron chi connectivity index (χ0n) is 11.0. The fourth-order valence-corrected chi connectivity index (χ4v) is 2.59. The molecule has 0 saturated carbocycles. The molecule has 0 aliphatic carbocycles. The molecule has 0 amide bonds. The molecule has 110 valence electrons. The Hall–Kier alpha value is -0.850. The number of hydrogen-bond acceptors (Lipinski definition) is 5. The number of halogens is 3. The number of anilines is 1. The lowest BCUT2D eigenvalue weighted by molar-refractivity contribution is -0.128. The van der Waals surface area contributed by atoms with Gasteiger partial charge >= 0.3 is 0 Å². The Kier molecular flexibility index (Phi) is 7.26. The average molecular weight is 383 g/mol. The Morgan fingerprint density at radius 3 is 2.70 bits per heavy atom. The van der Waals surface area contributed by atoms with E-state index in [4.69, 9.17) is 23.2 Å². The molecule has 0 fully saturated rings. The third-order valence-corrected chi connectivity index (χ3v) is 3.30. The van der Waals surface area contributed by atoms with Crippen LogP contribution in [0.5, 0.6) is 0 Å². The number of hydrogen-bond donors (Lipinski definition) is 0. The number of carbonyl (C=O) groups is 1. The molecule has 1 atom stereocenters. The monoisotopic (exact) mass is 381 g/mol. The van der Waals surface area contributed by atoms with Gasteiger partial charge < -0.3 is 4.74 Å². The van der Waals surface area contributed by atoms with Gasteiger partial charge in [0.2, 0.25) is 0 Å². The first-order valence-corrected chi connectivity index (χ1v) is 7.43. The molecular formula is C12H14BrCl2N3O2. The van der Waals surface area contributed by atoms with Crippen LogP contribution in [0.1, 0.15) is 20.3 Å². The predicted molar refractivity (Wildman–Crippen MR) is 84.9 cm³/mol. The van der Waals surface area contributed by atoms with Gasteiger partial charge in [-0.05, 0) is 35.8 Å². The molecule has 0 bridgehead atoms. The summed E-state index contributed by atoms with van der Waals surface area (Å²) in [6.45, 7) is 4.72. The van der Waals surface area contributed by atoms with Crippen LogP contribution >= 0.6 is 39.1 Å². The molecule has 0 aromatic carbocycles. The standard InChI is InChI=1S/C9H8BrCl2N3.C3H6O2/c1-5-2-8(10)14-15(5)9-7(12)3-6(11)4-13-9;1-2-5-3-4/h3-5H,2H2,1H3;3H,2H2,1H3. The second kappa shape index (κ2) is 8.44. The van der Waals surface area contributed by atoms with Gasteiger partial charge in [-0.15, -0.1) is 0 Å². The van der Waals surface area contributed by atoms with Crippen LogP contribution in [0.3, 0.4) is 0 Å². The zero-order chi connectivity index (χ0) is 15.1. The maximum Gasteiger partial charge on any atom is 0.293 e. The van der Waals surface area contributed by atoms with Gasteiger partial charge in [0.1, 0.15) is 4.62 Å². The van der Waals surface area contributed by atoms with E-state index < -0.39 is 0 Å². The van der Waals surface area contributed by atoms with Crippen LogP contribution in [0.15, 0.2) is 17.4 Å². The van der Waals surface area contributed by atoms with Crippen molar-refractivity contribution in [3.05, 3.63) is 22.3 Å². The molecule has 0 saturated heterocycles. The van der Waals surface area contributed by atoms with Crippen molar-refractivity contribution < 1.29 is 9.53 Å². The normalized spacial score (nSPS) is 17.1. The topological polar surface area (TPSA) is 54.8 Å². The van der Waals surface area contributed by atoms with Crippen molar-refractivity contribution in [1.82, 2.24) is 4.98 Å². The first kappa shape index (κ1) is 17.2. The largest absolute Gasteiger partial charge is 0.468 e. The van der Waals surface area contributed by atoms with Gasteiger partial charge in [-0.25, -0.2) is 9.99 Å². The summed E-state index contributed by atoms with van der Waals surface area (Å²) in [6, 6.07) is 1.92. The Morgan fingerprint density at radius 2 is 2.30 bits per heavy atom. The number of aromatic nitrogens is 1. The molecule has 20 heavy (non-hydrogen) atoms. The number of carbonyl (C=O) groups excluding carboxylic acids is 1. The lowest BCUT2D eigenvalue weighted by Crippen LogP contribution is -2.23. The van der Waals surface area contributed by atoms with Gasteiger partial charge in [-0.3, -0.25) is 4.79 Å². The van der Waals surface area contributed by atoms with Crippen LogP contribution in [-0.2, 0) is 9.53 Å². The van der Waals surface area contributed by atoms with Gasteiger partial charge in [0.05, 0.1) is 22.7 Å². The van der Waals surface area contributed by atoms with Crippen molar-refractivity contribution in [2.45, 2.75) is 26.3 Å². The minimum absolute atomic E-state index is 0.255. The minimum Gasteiger partial charge on any atom is -0.468 e. The number of rotatable bonds is 3. The SMILES string of the molecule is CC1CC(Br)=NN1c1ncc(Cl)cc1Cl.CCOC=O. The lowest BCUT2D eigenvalue weighted by Gasteiger charge is -2.19. The first-order chi connectivity index (χ1) is 9.49. The first-order valence-electron chi connectivity index (χ1n) is 5.88. The highest BCUT2D eigenvalue weighted by molar-refractivity contribution is 9.18. The van der Waals surface area contributed by atoms with Crippen molar-refractivity contribution in [2.75, 3.05) is 11.6 Å². The molecule has 2 heterocycles. The van der Waals surface area contributed by atoms with Crippen LogP contribution < -0.4 is 5.01 Å². The van der Waals surface area contributed by atoms with Crippen LogP contribution in [-0.4, -0.2) is 28.7 Å². The van der Waals surface area contributed by atoms with E-state index in [-0.39, 0.29) is 6.04 Å². The van der Waals surface area contributed by atoms with Crippen LogP contribution in [0.4, 0.5) is 5.82 Å². The molecule has 0 N–H and O–H groups in total. The zero-order valence-corrected chi connectivity index (χ0v) is 14.1. The molecule has 8 heteroatoms. The van der Waals surface area contributed by atoms with E-state index in [9.17, 15) is 4.79 Å². The second-order valence-electron chi connectivity index (χ2n) is 3.88. The maximum absolute atomic E-state index is 9.18. The molecular weight excluding hydrogens is 369 g/mol. The third-order valence-electron chi connectivity index (χ3n) is 2.34. The number of pyridine rings is 1. The van der Waals surface area contributed by atoms with Crippen LogP contribution in [0.25, 0.3) is 0 Å². The van der Waals surface area contributed by atoms with E-state index in [0.717, 1.165) is 11.0 Å². The van der Waals surface area contributed by atoms with Crippen LogP contribution in [0.2, 0.25) is 10.0 Å². The van der Waals surface area contributed by atoms with Crippen molar-refractivity contribution in [1.29, 1.82) is 0 Å². The molecule has 5 nitrogen and oxygen atoms in total. The van der Waals surface area contributed by atoms with Crippen molar-refractivity contribution in [3.8, 4) is 0 Å². The van der Waals surface area contributed by atoms with E-state index in [1.54, 1.807) is 24.2 Å². The summed E-state index contributed by atoms with van der Waals surface area (Å²) < 4.78 is 5.06. The highest BCUT2D eigenvalue weighted by Gasteiger charge is 2.25. The van der Waals surface area contributed by atoms with E-state index in [0.29, 0.717) is 28.9 Å². The summed E-state index contributed by atoms with van der Waals surface area (Å²) in [6.07, 6.45) is 2.43.